The quantitative estimate of drug-likeness (QED) is 0.718. The zero-order valence-corrected chi connectivity index (χ0v) is 7.91. The van der Waals surface area contributed by atoms with Crippen LogP contribution in [0.5, 0.6) is 5.75 Å². The van der Waals surface area contributed by atoms with Crippen molar-refractivity contribution in [1.82, 2.24) is 0 Å². The number of hydrogen-bond donors (Lipinski definition) is 0. The third kappa shape index (κ3) is 1.18. The van der Waals surface area contributed by atoms with Gasteiger partial charge in [0.15, 0.2) is 16.3 Å². The molecule has 0 aliphatic rings. The van der Waals surface area contributed by atoms with E-state index in [2.05, 4.69) is 28.4 Å². The molecule has 2 heteroatoms. The van der Waals surface area contributed by atoms with Crippen LogP contribution in [-0.4, -0.2) is 0 Å². The van der Waals surface area contributed by atoms with Crippen molar-refractivity contribution < 1.29 is 3.83 Å². The Hall–Kier alpha value is -1.02. The summed E-state index contributed by atoms with van der Waals surface area (Å²) in [6, 6.07) is 14.1. The van der Waals surface area contributed by atoms with E-state index >= 15 is 0 Å². The van der Waals surface area contributed by atoms with Gasteiger partial charge in [0.2, 0.25) is 0 Å². The minimum absolute atomic E-state index is 0.855. The van der Waals surface area contributed by atoms with Gasteiger partial charge in [-0.3, -0.25) is 0 Å². The molecule has 0 unspecified atom stereocenters. The molecule has 0 heterocycles. The Morgan fingerprint density at radius 2 is 1.67 bits per heavy atom. The Morgan fingerprint density at radius 1 is 0.917 bits per heavy atom. The number of halogens is 1. The van der Waals surface area contributed by atoms with Crippen LogP contribution in [0.4, 0.5) is 0 Å². The predicted molar refractivity (Wildman–Crippen MR) is 53.5 cm³/mol. The van der Waals surface area contributed by atoms with Gasteiger partial charge in [-0.25, -0.2) is 0 Å². The van der Waals surface area contributed by atoms with Crippen LogP contribution in [0.2, 0.25) is 0 Å². The molecule has 0 atom stereocenters. The molecule has 0 aliphatic heterocycles. The van der Waals surface area contributed by atoms with Crippen LogP contribution in [0.3, 0.4) is 0 Å². The van der Waals surface area contributed by atoms with Crippen LogP contribution in [0, 0.1) is 0 Å². The number of benzene rings is 2. The highest BCUT2D eigenvalue weighted by Gasteiger charge is 1.98. The van der Waals surface area contributed by atoms with E-state index < -0.39 is 0 Å². The van der Waals surface area contributed by atoms with Gasteiger partial charge in [-0.2, -0.15) is 0 Å². The second-order valence-electron chi connectivity index (χ2n) is 2.55. The first-order chi connectivity index (χ1) is 5.92. The summed E-state index contributed by atoms with van der Waals surface area (Å²) in [4.78, 5) is 0. The molecule has 0 aromatic heterocycles. The lowest BCUT2D eigenvalue weighted by atomic mass is 10.1. The van der Waals surface area contributed by atoms with Crippen LogP contribution < -0.4 is 3.83 Å². The molecule has 0 bridgehead atoms. The predicted octanol–water partition coefficient (Wildman–Crippen LogP) is 3.53. The zero-order valence-electron chi connectivity index (χ0n) is 6.33. The Balaban J connectivity index is 2.79. The van der Waals surface area contributed by atoms with Crippen LogP contribution in [0.15, 0.2) is 42.5 Å². The highest BCUT2D eigenvalue weighted by molar-refractivity contribution is 9.06. The third-order valence-corrected chi connectivity index (χ3v) is 2.18. The lowest BCUT2D eigenvalue weighted by Gasteiger charge is -2.01. The van der Waals surface area contributed by atoms with Gasteiger partial charge in [-0.15, -0.1) is 0 Å². The van der Waals surface area contributed by atoms with E-state index in [-0.39, 0.29) is 0 Å². The summed E-state index contributed by atoms with van der Waals surface area (Å²) in [5.41, 5.74) is 0. The number of fused-ring (bicyclic) bond motifs is 1. The Labute approximate surface area is 79.4 Å². The molecule has 60 valence electrons. The molecule has 0 saturated carbocycles. The van der Waals surface area contributed by atoms with Crippen molar-refractivity contribution in [3.63, 3.8) is 0 Å². The minimum Gasteiger partial charge on any atom is -0.417 e. The van der Waals surface area contributed by atoms with E-state index in [4.69, 9.17) is 3.83 Å². The Bertz CT molecular complexity index is 392. The van der Waals surface area contributed by atoms with Gasteiger partial charge in [0.25, 0.3) is 0 Å². The lowest BCUT2D eigenvalue weighted by molar-refractivity contribution is 0.687. The average Bonchev–Trinajstić information content (AvgIpc) is 2.17. The molecule has 1 nitrogen and oxygen atoms in total. The third-order valence-electron chi connectivity index (χ3n) is 1.83. The molecule has 0 spiro atoms. The topological polar surface area (TPSA) is 9.23 Å². The summed E-state index contributed by atoms with van der Waals surface area (Å²) in [7, 11) is 0. The first-order valence-corrected chi connectivity index (χ1v) is 4.33. The summed E-state index contributed by atoms with van der Waals surface area (Å²) in [5, 5.41) is 2.31. The van der Waals surface area contributed by atoms with Crippen LogP contribution in [0.25, 0.3) is 10.8 Å². The standard InChI is InChI=1S/C10H7BrO/c11-12-10-7-3-5-8-4-1-2-6-9(8)10/h1-7H. The molecule has 2 aromatic carbocycles. The van der Waals surface area contributed by atoms with Crippen molar-refractivity contribution in [2.75, 3.05) is 0 Å². The average molecular weight is 223 g/mol. The monoisotopic (exact) mass is 222 g/mol. The minimum atomic E-state index is 0.855. The second-order valence-corrected chi connectivity index (χ2v) is 2.88. The van der Waals surface area contributed by atoms with Gasteiger partial charge >= 0.3 is 0 Å². The molecule has 2 aromatic rings. The van der Waals surface area contributed by atoms with E-state index in [1.807, 2.05) is 30.3 Å². The molecule has 0 aliphatic carbocycles. The van der Waals surface area contributed by atoms with Crippen molar-refractivity contribution in [2.45, 2.75) is 0 Å². The first kappa shape index (κ1) is 7.62. The normalized spacial score (nSPS) is 10.1. The van der Waals surface area contributed by atoms with Gasteiger partial charge in [-0.1, -0.05) is 36.4 Å². The van der Waals surface area contributed by atoms with Crippen molar-refractivity contribution in [2.24, 2.45) is 0 Å². The fraction of sp³-hybridized carbons (Fsp3) is 0. The SMILES string of the molecule is BrOc1cccc2ccccc12. The smallest absolute Gasteiger partial charge is 0.179 e. The van der Waals surface area contributed by atoms with Crippen molar-refractivity contribution in [3.8, 4) is 5.75 Å². The fourth-order valence-electron chi connectivity index (χ4n) is 1.26. The summed E-state index contributed by atoms with van der Waals surface area (Å²) in [5.74, 6) is 0.855. The van der Waals surface area contributed by atoms with Crippen molar-refractivity contribution in [3.05, 3.63) is 42.5 Å². The first-order valence-electron chi connectivity index (χ1n) is 3.68. The maximum absolute atomic E-state index is 5.04. The summed E-state index contributed by atoms with van der Waals surface area (Å²) >= 11 is 2.98. The summed E-state index contributed by atoms with van der Waals surface area (Å²) < 4.78 is 5.04. The van der Waals surface area contributed by atoms with Gasteiger partial charge in [0, 0.05) is 5.39 Å². The van der Waals surface area contributed by atoms with E-state index in [0.29, 0.717) is 0 Å². The van der Waals surface area contributed by atoms with Gasteiger partial charge in [-0.05, 0) is 11.5 Å². The number of hydrogen-bond acceptors (Lipinski definition) is 1. The molecule has 0 amide bonds. The lowest BCUT2D eigenvalue weighted by Crippen LogP contribution is -1.77. The van der Waals surface area contributed by atoms with E-state index in [1.54, 1.807) is 0 Å². The highest BCUT2D eigenvalue weighted by atomic mass is 79.9. The number of rotatable bonds is 1. The molecule has 0 radical (unpaired) electrons. The van der Waals surface area contributed by atoms with E-state index in [9.17, 15) is 0 Å². The molecule has 0 saturated heterocycles. The molecule has 0 fully saturated rings. The molecule has 0 N–H and O–H groups in total. The van der Waals surface area contributed by atoms with Crippen LogP contribution in [-0.2, 0) is 0 Å². The van der Waals surface area contributed by atoms with Crippen LogP contribution in [0.1, 0.15) is 0 Å². The van der Waals surface area contributed by atoms with Gasteiger partial charge in [0.05, 0.1) is 0 Å². The van der Waals surface area contributed by atoms with E-state index in [0.717, 1.165) is 11.1 Å². The summed E-state index contributed by atoms with van der Waals surface area (Å²) in [6.45, 7) is 0. The molecular weight excluding hydrogens is 216 g/mol. The van der Waals surface area contributed by atoms with Crippen molar-refractivity contribution >= 4 is 27.0 Å². The Morgan fingerprint density at radius 3 is 2.50 bits per heavy atom. The maximum Gasteiger partial charge on any atom is 0.179 e. The van der Waals surface area contributed by atoms with E-state index in [1.165, 1.54) is 5.39 Å². The highest BCUT2D eigenvalue weighted by Crippen LogP contribution is 2.25. The second kappa shape index (κ2) is 3.15. The van der Waals surface area contributed by atoms with Crippen molar-refractivity contribution in [1.29, 1.82) is 0 Å². The van der Waals surface area contributed by atoms with Gasteiger partial charge < -0.3 is 3.83 Å². The largest absolute Gasteiger partial charge is 0.417 e. The van der Waals surface area contributed by atoms with Crippen LogP contribution >= 0.6 is 16.3 Å². The van der Waals surface area contributed by atoms with Gasteiger partial charge in [0.1, 0.15) is 5.75 Å². The molecular formula is C10H7BrO. The molecule has 2 rings (SSSR count). The summed E-state index contributed by atoms with van der Waals surface area (Å²) in [6.07, 6.45) is 0. The Kier molecular flexibility index (Phi) is 2.00. The zero-order chi connectivity index (χ0) is 8.39. The fourth-order valence-corrected chi connectivity index (χ4v) is 1.55. The molecule has 12 heavy (non-hydrogen) atoms. The maximum atomic E-state index is 5.04.